The van der Waals surface area contributed by atoms with Crippen molar-refractivity contribution in [3.63, 3.8) is 0 Å². The molecule has 6 heteroatoms. The van der Waals surface area contributed by atoms with E-state index < -0.39 is 0 Å². The molecule has 3 aromatic rings. The van der Waals surface area contributed by atoms with Crippen molar-refractivity contribution in [2.75, 3.05) is 42.9 Å². The summed E-state index contributed by atoms with van der Waals surface area (Å²) in [6.45, 7) is 4.02. The number of amides is 1. The highest BCUT2D eigenvalue weighted by molar-refractivity contribution is 5.94. The zero-order valence-electron chi connectivity index (χ0n) is 14.6. The van der Waals surface area contributed by atoms with E-state index in [0.29, 0.717) is 6.54 Å². The van der Waals surface area contributed by atoms with Gasteiger partial charge < -0.3 is 15.1 Å². The van der Waals surface area contributed by atoms with Gasteiger partial charge in [0.05, 0.1) is 26.2 Å². The van der Waals surface area contributed by atoms with Crippen molar-refractivity contribution in [3.05, 3.63) is 60.9 Å². The molecule has 1 fully saturated rings. The van der Waals surface area contributed by atoms with E-state index in [1.54, 1.807) is 12.4 Å². The fraction of sp³-hybridized carbons (Fsp3) is 0.250. The average Bonchev–Trinajstić information content (AvgIpc) is 2.69. The number of nitrogens with zero attached hydrogens (tertiary/aromatic N) is 3. The lowest BCUT2D eigenvalue weighted by Crippen LogP contribution is -3.15. The molecule has 0 saturated carbocycles. The fourth-order valence-electron chi connectivity index (χ4n) is 3.35. The Hall–Kier alpha value is -2.99. The minimum atomic E-state index is 0.0553. The van der Waals surface area contributed by atoms with E-state index in [4.69, 9.17) is 0 Å². The van der Waals surface area contributed by atoms with Gasteiger partial charge in [-0.3, -0.25) is 4.79 Å². The van der Waals surface area contributed by atoms with Gasteiger partial charge in [-0.15, -0.1) is 0 Å². The van der Waals surface area contributed by atoms with Crippen molar-refractivity contribution in [1.29, 1.82) is 0 Å². The van der Waals surface area contributed by atoms with E-state index in [1.165, 1.54) is 10.3 Å². The van der Waals surface area contributed by atoms with Gasteiger partial charge in [-0.05, 0) is 29.0 Å². The van der Waals surface area contributed by atoms with E-state index in [2.05, 4.69) is 32.3 Å². The molecule has 6 nitrogen and oxygen atoms in total. The van der Waals surface area contributed by atoms with Crippen LogP contribution in [0.3, 0.4) is 0 Å². The summed E-state index contributed by atoms with van der Waals surface area (Å²) in [5.41, 5.74) is 0.851. The van der Waals surface area contributed by atoms with Gasteiger partial charge in [0.25, 0.3) is 5.91 Å². The Morgan fingerprint density at radius 2 is 1.73 bits per heavy atom. The third-order valence-electron chi connectivity index (χ3n) is 4.75. The number of rotatable bonds is 4. The molecule has 0 spiro atoms. The quantitative estimate of drug-likeness (QED) is 0.738. The van der Waals surface area contributed by atoms with Crippen molar-refractivity contribution in [3.8, 4) is 0 Å². The van der Waals surface area contributed by atoms with Crippen molar-refractivity contribution >= 4 is 28.3 Å². The molecule has 4 rings (SSSR count). The van der Waals surface area contributed by atoms with E-state index in [-0.39, 0.29) is 5.91 Å². The first kappa shape index (κ1) is 16.5. The van der Waals surface area contributed by atoms with E-state index >= 15 is 0 Å². The van der Waals surface area contributed by atoms with E-state index in [9.17, 15) is 4.79 Å². The van der Waals surface area contributed by atoms with Gasteiger partial charge in [0.2, 0.25) is 5.95 Å². The molecular formula is C20H22N5O+. The maximum atomic E-state index is 12.4. The fourth-order valence-corrected chi connectivity index (χ4v) is 3.35. The minimum Gasteiger partial charge on any atom is -0.330 e. The van der Waals surface area contributed by atoms with Crippen molar-refractivity contribution in [2.45, 2.75) is 0 Å². The van der Waals surface area contributed by atoms with Gasteiger partial charge in [-0.25, -0.2) is 9.97 Å². The van der Waals surface area contributed by atoms with E-state index in [1.807, 2.05) is 36.4 Å². The van der Waals surface area contributed by atoms with Crippen LogP contribution in [0.25, 0.3) is 10.8 Å². The second-order valence-corrected chi connectivity index (χ2v) is 6.57. The van der Waals surface area contributed by atoms with Crippen LogP contribution in [-0.4, -0.2) is 48.6 Å². The Kier molecular flexibility index (Phi) is 4.75. The first-order chi connectivity index (χ1) is 12.8. The molecular weight excluding hydrogens is 326 g/mol. The number of carbonyl (C=O) groups excluding carboxylic acids is 1. The summed E-state index contributed by atoms with van der Waals surface area (Å²) < 4.78 is 0. The molecule has 2 heterocycles. The van der Waals surface area contributed by atoms with Crippen LogP contribution in [0.4, 0.5) is 11.6 Å². The first-order valence-corrected chi connectivity index (χ1v) is 8.92. The van der Waals surface area contributed by atoms with Crippen LogP contribution in [0, 0.1) is 0 Å². The highest BCUT2D eigenvalue weighted by Gasteiger charge is 2.23. The molecule has 0 aliphatic carbocycles. The lowest BCUT2D eigenvalue weighted by molar-refractivity contribution is -0.892. The predicted molar refractivity (Wildman–Crippen MR) is 102 cm³/mol. The Balaban J connectivity index is 1.31. The van der Waals surface area contributed by atoms with Gasteiger partial charge in [0, 0.05) is 18.1 Å². The Morgan fingerprint density at radius 1 is 1.00 bits per heavy atom. The molecule has 0 bridgehead atoms. The summed E-state index contributed by atoms with van der Waals surface area (Å²) in [5, 5.41) is 5.34. The number of quaternary nitrogens is 1. The second kappa shape index (κ2) is 7.49. The van der Waals surface area contributed by atoms with Gasteiger partial charge in [-0.2, -0.15) is 0 Å². The summed E-state index contributed by atoms with van der Waals surface area (Å²) in [5.74, 6) is 0.826. The number of carbonyl (C=O) groups is 1. The maximum Gasteiger partial charge on any atom is 0.279 e. The zero-order chi connectivity index (χ0) is 17.8. The Bertz CT molecular complexity index is 891. The summed E-state index contributed by atoms with van der Waals surface area (Å²) in [7, 11) is 0. The normalized spacial score (nSPS) is 15.2. The molecule has 1 aliphatic heterocycles. The monoisotopic (exact) mass is 348 g/mol. The van der Waals surface area contributed by atoms with Crippen molar-refractivity contribution in [2.24, 2.45) is 0 Å². The Morgan fingerprint density at radius 3 is 2.50 bits per heavy atom. The third-order valence-corrected chi connectivity index (χ3v) is 4.75. The number of anilines is 2. The second-order valence-electron chi connectivity index (χ2n) is 6.57. The first-order valence-electron chi connectivity index (χ1n) is 8.92. The lowest BCUT2D eigenvalue weighted by atomic mass is 10.1. The van der Waals surface area contributed by atoms with Crippen LogP contribution in [0.15, 0.2) is 60.9 Å². The summed E-state index contributed by atoms with van der Waals surface area (Å²) in [6, 6.07) is 16.0. The maximum absolute atomic E-state index is 12.4. The smallest absolute Gasteiger partial charge is 0.279 e. The van der Waals surface area contributed by atoms with Crippen LogP contribution < -0.4 is 15.1 Å². The van der Waals surface area contributed by atoms with Crippen LogP contribution in [0.2, 0.25) is 0 Å². The molecule has 132 valence electrons. The molecule has 0 atom stereocenters. The van der Waals surface area contributed by atoms with Crippen LogP contribution in [0.5, 0.6) is 0 Å². The predicted octanol–water partition coefficient (Wildman–Crippen LogP) is 0.973. The average molecular weight is 348 g/mol. The van der Waals surface area contributed by atoms with Gasteiger partial charge in [-0.1, -0.05) is 30.3 Å². The summed E-state index contributed by atoms with van der Waals surface area (Å²) >= 11 is 0. The highest BCUT2D eigenvalue weighted by atomic mass is 16.2. The number of aromatic nitrogens is 2. The molecule has 0 radical (unpaired) electrons. The molecule has 26 heavy (non-hydrogen) atoms. The Labute approximate surface area is 152 Å². The van der Waals surface area contributed by atoms with Crippen molar-refractivity contribution in [1.82, 2.24) is 9.97 Å². The molecule has 1 saturated heterocycles. The molecule has 1 aliphatic rings. The van der Waals surface area contributed by atoms with Crippen molar-refractivity contribution < 1.29 is 9.69 Å². The highest BCUT2D eigenvalue weighted by Crippen LogP contribution is 2.18. The number of fused-ring (bicyclic) bond motifs is 1. The van der Waals surface area contributed by atoms with E-state index in [0.717, 1.165) is 43.2 Å². The summed E-state index contributed by atoms with van der Waals surface area (Å²) in [4.78, 5) is 24.4. The third kappa shape index (κ3) is 3.81. The number of piperazine rings is 1. The number of nitrogens with one attached hydrogen (secondary N) is 2. The molecule has 0 unspecified atom stereocenters. The zero-order valence-corrected chi connectivity index (χ0v) is 14.6. The van der Waals surface area contributed by atoms with Crippen LogP contribution >= 0.6 is 0 Å². The topological polar surface area (TPSA) is 62.6 Å². The largest absolute Gasteiger partial charge is 0.330 e. The molecule has 2 N–H and O–H groups in total. The molecule has 1 aromatic heterocycles. The van der Waals surface area contributed by atoms with Gasteiger partial charge in [0.1, 0.15) is 0 Å². The minimum absolute atomic E-state index is 0.0553. The van der Waals surface area contributed by atoms with Crippen LogP contribution in [0.1, 0.15) is 0 Å². The number of hydrogen-bond acceptors (Lipinski definition) is 4. The SMILES string of the molecule is O=C(C[NH+]1CCN(c2ncccn2)CC1)Nc1ccc2ccccc2c1. The lowest BCUT2D eigenvalue weighted by Gasteiger charge is -2.31. The standard InChI is InChI=1S/C20H21N5O/c26-19(23-18-7-6-16-4-1-2-5-17(16)14-18)15-24-10-12-25(13-11-24)20-21-8-3-9-22-20/h1-9,14H,10-13,15H2,(H,23,26)/p+1. The number of hydrogen-bond donors (Lipinski definition) is 2. The van der Waals surface area contributed by atoms with Gasteiger partial charge >= 0.3 is 0 Å². The molecule has 2 aromatic carbocycles. The molecule has 1 amide bonds. The number of benzene rings is 2. The van der Waals surface area contributed by atoms with Gasteiger partial charge in [0.15, 0.2) is 6.54 Å². The summed E-state index contributed by atoms with van der Waals surface area (Å²) in [6.07, 6.45) is 3.52. The van der Waals surface area contributed by atoms with Crippen LogP contribution in [-0.2, 0) is 4.79 Å².